The second kappa shape index (κ2) is 4.49. The number of rotatable bonds is 4. The van der Waals surface area contributed by atoms with Crippen LogP contribution in [0.25, 0.3) is 0 Å². The van der Waals surface area contributed by atoms with E-state index >= 15 is 0 Å². The first-order valence-corrected chi connectivity index (χ1v) is 6.77. The van der Waals surface area contributed by atoms with Crippen LogP contribution in [0.5, 0.6) is 0 Å². The summed E-state index contributed by atoms with van der Waals surface area (Å²) in [7, 11) is 3.34. The SMILES string of the molecule is CN(C)CCNS(C)(C)S. The van der Waals surface area contributed by atoms with E-state index in [-0.39, 0.29) is 0 Å². The third-order valence-corrected chi connectivity index (χ3v) is 2.31. The van der Waals surface area contributed by atoms with Gasteiger partial charge in [-0.25, -0.2) is 0 Å². The van der Waals surface area contributed by atoms with Crippen LogP contribution in [0.15, 0.2) is 0 Å². The van der Waals surface area contributed by atoms with E-state index in [2.05, 4.69) is 47.9 Å². The first-order chi connectivity index (χ1) is 4.42. The summed E-state index contributed by atoms with van der Waals surface area (Å²) in [5.41, 5.74) is 0. The Balaban J connectivity index is 3.21. The molecule has 0 heterocycles. The highest BCUT2D eigenvalue weighted by Gasteiger charge is 2.01. The van der Waals surface area contributed by atoms with Crippen LogP contribution in [0.1, 0.15) is 0 Å². The Kier molecular flexibility index (Phi) is 4.77. The van der Waals surface area contributed by atoms with Gasteiger partial charge in [0.1, 0.15) is 0 Å². The molecule has 4 heteroatoms. The highest BCUT2D eigenvalue weighted by Crippen LogP contribution is 2.38. The molecule has 0 aromatic carbocycles. The summed E-state index contributed by atoms with van der Waals surface area (Å²) in [6.45, 7) is 2.11. The van der Waals surface area contributed by atoms with Gasteiger partial charge in [-0.1, -0.05) is 0 Å². The zero-order chi connectivity index (χ0) is 8.20. The van der Waals surface area contributed by atoms with Crippen molar-refractivity contribution >= 4 is 20.9 Å². The predicted molar refractivity (Wildman–Crippen MR) is 55.0 cm³/mol. The van der Waals surface area contributed by atoms with Crippen molar-refractivity contribution in [1.29, 1.82) is 0 Å². The maximum Gasteiger partial charge on any atom is 0.0178 e. The Morgan fingerprint density at radius 3 is 2.20 bits per heavy atom. The van der Waals surface area contributed by atoms with Crippen LogP contribution in [-0.2, 0) is 0 Å². The van der Waals surface area contributed by atoms with Crippen molar-refractivity contribution in [3.63, 3.8) is 0 Å². The van der Waals surface area contributed by atoms with Gasteiger partial charge in [0.05, 0.1) is 0 Å². The van der Waals surface area contributed by atoms with Gasteiger partial charge in [0.15, 0.2) is 0 Å². The third-order valence-electron chi connectivity index (χ3n) is 1.01. The Morgan fingerprint density at radius 1 is 1.40 bits per heavy atom. The van der Waals surface area contributed by atoms with Crippen LogP contribution >= 0.6 is 20.9 Å². The van der Waals surface area contributed by atoms with Crippen molar-refractivity contribution in [3.8, 4) is 0 Å². The molecule has 0 aliphatic rings. The van der Waals surface area contributed by atoms with E-state index in [9.17, 15) is 0 Å². The number of likely N-dealkylation sites (N-methyl/N-ethyl adjacent to an activating group) is 1. The summed E-state index contributed by atoms with van der Waals surface area (Å²) in [5.74, 6) is 0. The lowest BCUT2D eigenvalue weighted by atomic mass is 10.6. The maximum atomic E-state index is 4.41. The van der Waals surface area contributed by atoms with Gasteiger partial charge in [0.25, 0.3) is 0 Å². The molecule has 0 saturated heterocycles. The van der Waals surface area contributed by atoms with Crippen LogP contribution < -0.4 is 4.72 Å². The predicted octanol–water partition coefficient (Wildman–Crippen LogP) is 0.962. The quantitative estimate of drug-likeness (QED) is 0.497. The average molecular weight is 182 g/mol. The molecular formula is C6H18N2S2. The summed E-state index contributed by atoms with van der Waals surface area (Å²) in [5, 5.41) is 0. The standard InChI is InChI=1S/C6H18N2S2/c1-8(2)6-5-7-10(3,4)9/h7,9H,5-6H2,1-4H3. The molecule has 0 spiro atoms. The van der Waals surface area contributed by atoms with Crippen LogP contribution in [0.3, 0.4) is 0 Å². The minimum absolute atomic E-state index is 0.802. The van der Waals surface area contributed by atoms with Gasteiger partial charge >= 0.3 is 0 Å². The number of nitrogens with zero attached hydrogens (tertiary/aromatic N) is 1. The zero-order valence-electron chi connectivity index (χ0n) is 7.22. The van der Waals surface area contributed by atoms with Crippen molar-refractivity contribution in [3.05, 3.63) is 0 Å². The lowest BCUT2D eigenvalue weighted by Gasteiger charge is -2.26. The number of thiol groups is 1. The second-order valence-electron chi connectivity index (χ2n) is 2.97. The molecule has 0 atom stereocenters. The normalized spacial score (nSPS) is 14.2. The topological polar surface area (TPSA) is 15.3 Å². The Morgan fingerprint density at radius 2 is 1.90 bits per heavy atom. The lowest BCUT2D eigenvalue weighted by molar-refractivity contribution is 0.415. The maximum absolute atomic E-state index is 4.41. The highest BCUT2D eigenvalue weighted by molar-refractivity contribution is 8.86. The minimum atomic E-state index is -0.802. The Labute approximate surface area is 70.6 Å². The second-order valence-corrected chi connectivity index (χ2v) is 8.54. The van der Waals surface area contributed by atoms with E-state index in [0.717, 1.165) is 13.1 Å². The van der Waals surface area contributed by atoms with Gasteiger partial charge in [-0.05, 0) is 26.6 Å². The van der Waals surface area contributed by atoms with Crippen molar-refractivity contribution in [2.45, 2.75) is 0 Å². The van der Waals surface area contributed by atoms with E-state index in [1.54, 1.807) is 0 Å². The van der Waals surface area contributed by atoms with E-state index in [4.69, 9.17) is 0 Å². The molecule has 0 aromatic heterocycles. The van der Waals surface area contributed by atoms with Gasteiger partial charge in [-0.15, -0.1) is 20.9 Å². The van der Waals surface area contributed by atoms with Crippen LogP contribution in [0.2, 0.25) is 0 Å². The largest absolute Gasteiger partial charge is 0.308 e. The van der Waals surface area contributed by atoms with Crippen molar-refractivity contribution in [2.75, 3.05) is 39.7 Å². The average Bonchev–Trinajstić information content (AvgIpc) is 1.59. The van der Waals surface area contributed by atoms with Gasteiger partial charge in [0, 0.05) is 13.1 Å². The minimum Gasteiger partial charge on any atom is -0.308 e. The summed E-state index contributed by atoms with van der Waals surface area (Å²) < 4.78 is 3.36. The fourth-order valence-electron chi connectivity index (χ4n) is 0.519. The molecule has 2 nitrogen and oxygen atoms in total. The molecule has 0 bridgehead atoms. The first kappa shape index (κ1) is 10.6. The van der Waals surface area contributed by atoms with E-state index in [1.165, 1.54) is 0 Å². The third kappa shape index (κ3) is 8.62. The first-order valence-electron chi connectivity index (χ1n) is 3.27. The number of nitrogens with one attached hydrogen (secondary N) is 1. The number of hydrogen-bond donors (Lipinski definition) is 2. The van der Waals surface area contributed by atoms with Gasteiger partial charge < -0.3 is 4.90 Å². The molecule has 0 unspecified atom stereocenters. The van der Waals surface area contributed by atoms with Crippen LogP contribution in [0.4, 0.5) is 0 Å². The molecule has 0 rings (SSSR count). The van der Waals surface area contributed by atoms with E-state index < -0.39 is 9.25 Å². The molecular weight excluding hydrogens is 164 g/mol. The lowest BCUT2D eigenvalue weighted by Crippen LogP contribution is -2.26. The molecule has 64 valence electrons. The fourth-order valence-corrected chi connectivity index (χ4v) is 1.38. The molecule has 10 heavy (non-hydrogen) atoms. The zero-order valence-corrected chi connectivity index (χ0v) is 8.93. The van der Waals surface area contributed by atoms with Gasteiger partial charge in [0.2, 0.25) is 0 Å². The van der Waals surface area contributed by atoms with Crippen molar-refractivity contribution in [1.82, 2.24) is 9.62 Å². The molecule has 0 amide bonds. The Bertz CT molecular complexity index is 88.2. The van der Waals surface area contributed by atoms with E-state index in [0.29, 0.717) is 0 Å². The molecule has 0 aliphatic heterocycles. The molecule has 1 N–H and O–H groups in total. The summed E-state index contributed by atoms with van der Waals surface area (Å²) in [4.78, 5) is 2.16. The van der Waals surface area contributed by atoms with Gasteiger partial charge in [-0.3, -0.25) is 4.72 Å². The summed E-state index contributed by atoms with van der Waals surface area (Å²) in [6, 6.07) is 0. The Hall–Kier alpha value is 0.620. The smallest absolute Gasteiger partial charge is 0.0178 e. The molecule has 0 saturated carbocycles. The number of hydrogen-bond acceptors (Lipinski definition) is 3. The molecule has 0 aromatic rings. The molecule has 0 fully saturated rings. The highest BCUT2D eigenvalue weighted by atomic mass is 33.1. The van der Waals surface area contributed by atoms with Crippen molar-refractivity contribution < 1.29 is 0 Å². The van der Waals surface area contributed by atoms with Crippen LogP contribution in [-0.4, -0.2) is 44.6 Å². The molecule has 0 radical (unpaired) electrons. The van der Waals surface area contributed by atoms with Gasteiger partial charge in [-0.2, -0.15) is 0 Å². The summed E-state index contributed by atoms with van der Waals surface area (Å²) >= 11 is 4.41. The van der Waals surface area contributed by atoms with Crippen molar-refractivity contribution in [2.24, 2.45) is 0 Å². The van der Waals surface area contributed by atoms with Crippen LogP contribution in [0, 0.1) is 0 Å². The monoisotopic (exact) mass is 182 g/mol. The summed E-state index contributed by atoms with van der Waals surface area (Å²) in [6.07, 6.45) is 4.26. The molecule has 0 aliphatic carbocycles. The van der Waals surface area contributed by atoms with E-state index in [1.807, 2.05) is 0 Å². The fraction of sp³-hybridized carbons (Fsp3) is 1.00.